The SMILES string of the molecule is CCNC(=NCc1cccs1)NC1C2CCOC2C12CCCC2.I. The van der Waals surface area contributed by atoms with Crippen LogP contribution in [0.15, 0.2) is 22.5 Å². The Labute approximate surface area is 165 Å². The van der Waals surface area contributed by atoms with Crippen LogP contribution in [0.1, 0.15) is 43.9 Å². The smallest absolute Gasteiger partial charge is 0.191 e. The van der Waals surface area contributed by atoms with Gasteiger partial charge in [-0.25, -0.2) is 4.99 Å². The summed E-state index contributed by atoms with van der Waals surface area (Å²) in [6, 6.07) is 4.79. The van der Waals surface area contributed by atoms with E-state index in [1.807, 2.05) is 0 Å². The van der Waals surface area contributed by atoms with E-state index >= 15 is 0 Å². The van der Waals surface area contributed by atoms with E-state index in [0.29, 0.717) is 23.5 Å². The van der Waals surface area contributed by atoms with Crippen molar-refractivity contribution in [3.63, 3.8) is 0 Å². The predicted octanol–water partition coefficient (Wildman–Crippen LogP) is 3.77. The minimum atomic E-state index is 0. The topological polar surface area (TPSA) is 45.7 Å². The quantitative estimate of drug-likeness (QED) is 0.408. The Morgan fingerprint density at radius 1 is 1.42 bits per heavy atom. The molecule has 1 saturated heterocycles. The molecular weight excluding hydrogens is 433 g/mol. The molecule has 1 aromatic heterocycles. The van der Waals surface area contributed by atoms with E-state index in [2.05, 4.69) is 35.1 Å². The minimum absolute atomic E-state index is 0. The van der Waals surface area contributed by atoms with Crippen LogP contribution in [0.2, 0.25) is 0 Å². The lowest BCUT2D eigenvalue weighted by atomic mass is 9.54. The molecule has 3 fully saturated rings. The molecule has 2 aliphatic carbocycles. The van der Waals surface area contributed by atoms with Gasteiger partial charge in [0.25, 0.3) is 0 Å². The number of aliphatic imine (C=N–C) groups is 1. The number of rotatable bonds is 4. The summed E-state index contributed by atoms with van der Waals surface area (Å²) in [5.74, 6) is 1.65. The molecule has 3 unspecified atom stereocenters. The van der Waals surface area contributed by atoms with Gasteiger partial charge in [-0.3, -0.25) is 0 Å². The Morgan fingerprint density at radius 2 is 2.25 bits per heavy atom. The summed E-state index contributed by atoms with van der Waals surface area (Å²) in [4.78, 5) is 6.12. The Kier molecular flexibility index (Phi) is 6.08. The number of nitrogens with zero attached hydrogens (tertiary/aromatic N) is 1. The third kappa shape index (κ3) is 3.21. The first kappa shape index (κ1) is 18.5. The van der Waals surface area contributed by atoms with Gasteiger partial charge in [-0.15, -0.1) is 35.3 Å². The third-order valence-electron chi connectivity index (χ3n) is 5.90. The van der Waals surface area contributed by atoms with Crippen LogP contribution in [-0.4, -0.2) is 31.3 Å². The van der Waals surface area contributed by atoms with Crippen LogP contribution < -0.4 is 10.6 Å². The monoisotopic (exact) mass is 461 g/mol. The van der Waals surface area contributed by atoms with Gasteiger partial charge in [-0.05, 0) is 37.6 Å². The van der Waals surface area contributed by atoms with Crippen LogP contribution in [0.5, 0.6) is 0 Å². The average Bonchev–Trinajstić information content (AvgIpc) is 3.30. The highest BCUT2D eigenvalue weighted by Gasteiger charge is 2.65. The highest BCUT2D eigenvalue weighted by molar-refractivity contribution is 14.0. The molecule has 2 heterocycles. The zero-order chi connectivity index (χ0) is 15.7. The molecule has 24 heavy (non-hydrogen) atoms. The number of nitrogens with one attached hydrogen (secondary N) is 2. The minimum Gasteiger partial charge on any atom is -0.377 e. The molecule has 2 saturated carbocycles. The van der Waals surface area contributed by atoms with Gasteiger partial charge >= 0.3 is 0 Å². The summed E-state index contributed by atoms with van der Waals surface area (Å²) in [5, 5.41) is 9.33. The second kappa shape index (κ2) is 7.91. The van der Waals surface area contributed by atoms with E-state index in [1.165, 1.54) is 37.0 Å². The second-order valence-electron chi connectivity index (χ2n) is 7.08. The van der Waals surface area contributed by atoms with E-state index in [0.717, 1.165) is 25.7 Å². The maximum Gasteiger partial charge on any atom is 0.191 e. The van der Waals surface area contributed by atoms with Gasteiger partial charge in [0, 0.05) is 35.4 Å². The lowest BCUT2D eigenvalue weighted by Gasteiger charge is -2.57. The number of fused-ring (bicyclic) bond motifs is 2. The fraction of sp³-hybridized carbons (Fsp3) is 0.722. The molecular formula is C18H28IN3OS. The van der Waals surface area contributed by atoms with Crippen molar-refractivity contribution in [1.29, 1.82) is 0 Å². The lowest BCUT2D eigenvalue weighted by molar-refractivity contribution is -0.125. The van der Waals surface area contributed by atoms with Crippen LogP contribution in [0.3, 0.4) is 0 Å². The molecule has 0 radical (unpaired) electrons. The Bertz CT molecular complexity index is 557. The van der Waals surface area contributed by atoms with Crippen molar-refractivity contribution in [3.8, 4) is 0 Å². The van der Waals surface area contributed by atoms with Gasteiger partial charge in [0.05, 0.1) is 12.6 Å². The molecule has 3 aliphatic rings. The number of guanidine groups is 1. The second-order valence-corrected chi connectivity index (χ2v) is 8.11. The summed E-state index contributed by atoms with van der Waals surface area (Å²) in [5.41, 5.74) is 0.375. The molecule has 0 bridgehead atoms. The van der Waals surface area contributed by atoms with Gasteiger partial charge in [-0.2, -0.15) is 0 Å². The maximum atomic E-state index is 6.08. The molecule has 3 atom stereocenters. The van der Waals surface area contributed by atoms with Crippen molar-refractivity contribution in [3.05, 3.63) is 22.4 Å². The van der Waals surface area contributed by atoms with Crippen LogP contribution in [0.4, 0.5) is 0 Å². The fourth-order valence-corrected chi connectivity index (χ4v) is 5.56. The third-order valence-corrected chi connectivity index (χ3v) is 6.76. The first-order chi connectivity index (χ1) is 11.3. The molecule has 0 aromatic carbocycles. The summed E-state index contributed by atoms with van der Waals surface area (Å²) in [7, 11) is 0. The normalized spacial score (nSPS) is 30.5. The molecule has 0 amide bonds. The number of hydrogen-bond acceptors (Lipinski definition) is 3. The highest BCUT2D eigenvalue weighted by atomic mass is 127. The number of thiophene rings is 1. The standard InChI is InChI=1S/C18H27N3OS.HI/c1-2-19-17(20-12-13-6-5-11-23-13)21-15-14-7-10-22-16(14)18(15)8-3-4-9-18;/h5-6,11,14-16H,2-4,7-10,12H2,1H3,(H2,19,20,21);1H. The van der Waals surface area contributed by atoms with E-state index in [-0.39, 0.29) is 24.0 Å². The van der Waals surface area contributed by atoms with Gasteiger partial charge in [-0.1, -0.05) is 18.9 Å². The first-order valence-electron chi connectivity index (χ1n) is 9.02. The van der Waals surface area contributed by atoms with E-state index in [1.54, 1.807) is 11.3 Å². The molecule has 1 aliphatic heterocycles. The highest BCUT2D eigenvalue weighted by Crippen LogP contribution is 2.60. The number of ether oxygens (including phenoxy) is 1. The average molecular weight is 461 g/mol. The van der Waals surface area contributed by atoms with Crippen molar-refractivity contribution < 1.29 is 4.74 Å². The Balaban J connectivity index is 0.00000169. The summed E-state index contributed by atoms with van der Waals surface area (Å²) in [6.45, 7) is 4.74. The van der Waals surface area contributed by atoms with Gasteiger partial charge in [0.1, 0.15) is 0 Å². The van der Waals surface area contributed by atoms with Crippen molar-refractivity contribution >= 4 is 41.3 Å². The van der Waals surface area contributed by atoms with Crippen molar-refractivity contribution in [2.45, 2.75) is 57.7 Å². The fourth-order valence-electron chi connectivity index (χ4n) is 4.93. The molecule has 134 valence electrons. The summed E-state index contributed by atoms with van der Waals surface area (Å²) >= 11 is 1.77. The first-order valence-corrected chi connectivity index (χ1v) is 9.90. The number of hydrogen-bond donors (Lipinski definition) is 2. The van der Waals surface area contributed by atoms with Crippen molar-refractivity contribution in [1.82, 2.24) is 10.6 Å². The molecule has 2 N–H and O–H groups in total. The summed E-state index contributed by atoms with van der Waals surface area (Å²) in [6.07, 6.45) is 7.05. The van der Waals surface area contributed by atoms with Crippen molar-refractivity contribution in [2.24, 2.45) is 16.3 Å². The summed E-state index contributed by atoms with van der Waals surface area (Å²) < 4.78 is 6.08. The van der Waals surface area contributed by atoms with E-state index < -0.39 is 0 Å². The molecule has 4 nitrogen and oxygen atoms in total. The Morgan fingerprint density at radius 3 is 2.96 bits per heavy atom. The molecule has 6 heteroatoms. The van der Waals surface area contributed by atoms with Gasteiger partial charge in [0.15, 0.2) is 5.96 Å². The molecule has 1 aromatic rings. The largest absolute Gasteiger partial charge is 0.377 e. The van der Waals surface area contributed by atoms with E-state index in [4.69, 9.17) is 9.73 Å². The van der Waals surface area contributed by atoms with Gasteiger partial charge < -0.3 is 15.4 Å². The predicted molar refractivity (Wildman–Crippen MR) is 110 cm³/mol. The maximum absolute atomic E-state index is 6.08. The van der Waals surface area contributed by atoms with Crippen LogP contribution in [0.25, 0.3) is 0 Å². The Hall–Kier alpha value is -0.340. The zero-order valence-electron chi connectivity index (χ0n) is 14.3. The van der Waals surface area contributed by atoms with Crippen LogP contribution >= 0.6 is 35.3 Å². The van der Waals surface area contributed by atoms with Crippen LogP contribution in [0, 0.1) is 11.3 Å². The molecule has 1 spiro atoms. The van der Waals surface area contributed by atoms with Crippen molar-refractivity contribution in [2.75, 3.05) is 13.2 Å². The van der Waals surface area contributed by atoms with E-state index in [9.17, 15) is 0 Å². The molecule has 4 rings (SSSR count). The van der Waals surface area contributed by atoms with Gasteiger partial charge in [0.2, 0.25) is 0 Å². The number of halogens is 1. The lowest BCUT2D eigenvalue weighted by Crippen LogP contribution is -2.69. The van der Waals surface area contributed by atoms with Crippen LogP contribution in [-0.2, 0) is 11.3 Å². The zero-order valence-corrected chi connectivity index (χ0v) is 17.4.